The van der Waals surface area contributed by atoms with Crippen LogP contribution in [0.4, 0.5) is 4.39 Å². The summed E-state index contributed by atoms with van der Waals surface area (Å²) < 4.78 is 19.7. The first kappa shape index (κ1) is 19.3. The first-order valence-electron chi connectivity index (χ1n) is 9.56. The molecule has 142 valence electrons. The molecule has 1 saturated heterocycles. The minimum atomic E-state index is -0.428. The summed E-state index contributed by atoms with van der Waals surface area (Å²) in [5.41, 5.74) is 1.78. The van der Waals surface area contributed by atoms with Gasteiger partial charge in [-0.25, -0.2) is 9.37 Å². The molecule has 4 nitrogen and oxygen atoms in total. The second-order valence-electron chi connectivity index (χ2n) is 7.58. The normalized spacial score (nSPS) is 15.7. The number of hydrogen-bond donors (Lipinski definition) is 0. The molecule has 0 spiro atoms. The molecule has 0 amide bonds. The number of likely N-dealkylation sites (tertiary alicyclic amines) is 1. The van der Waals surface area contributed by atoms with E-state index in [0.29, 0.717) is 28.8 Å². The van der Waals surface area contributed by atoms with Gasteiger partial charge in [0.15, 0.2) is 0 Å². The first-order valence-corrected chi connectivity index (χ1v) is 9.56. The van der Waals surface area contributed by atoms with E-state index in [4.69, 9.17) is 10.00 Å². The Morgan fingerprint density at radius 3 is 2.70 bits per heavy atom. The van der Waals surface area contributed by atoms with Crippen molar-refractivity contribution in [3.8, 4) is 11.9 Å². The average molecular weight is 367 g/mol. The summed E-state index contributed by atoms with van der Waals surface area (Å²) in [6.07, 6.45) is 2.21. The van der Waals surface area contributed by atoms with Crippen molar-refractivity contribution in [2.75, 3.05) is 19.6 Å². The molecule has 1 fully saturated rings. The first-order chi connectivity index (χ1) is 13.0. The van der Waals surface area contributed by atoms with Crippen LogP contribution < -0.4 is 4.74 Å². The van der Waals surface area contributed by atoms with Gasteiger partial charge in [0.25, 0.3) is 0 Å². The highest BCUT2D eigenvalue weighted by Gasteiger charge is 2.22. The second-order valence-corrected chi connectivity index (χ2v) is 7.58. The number of nitrogens with zero attached hydrogens (tertiary/aromatic N) is 3. The number of ether oxygens (including phenoxy) is 1. The van der Waals surface area contributed by atoms with Gasteiger partial charge >= 0.3 is 0 Å². The fraction of sp³-hybridized carbons (Fsp3) is 0.455. The van der Waals surface area contributed by atoms with Crippen molar-refractivity contribution in [3.05, 3.63) is 59.0 Å². The number of rotatable bonds is 6. The van der Waals surface area contributed by atoms with Gasteiger partial charge in [0.1, 0.15) is 12.4 Å². The van der Waals surface area contributed by atoms with E-state index in [1.54, 1.807) is 18.2 Å². The Hall–Kier alpha value is -2.45. The molecule has 3 rings (SSSR count). The molecule has 0 radical (unpaired) electrons. The highest BCUT2D eigenvalue weighted by molar-refractivity contribution is 5.32. The maximum atomic E-state index is 14.0. The molecule has 1 aliphatic heterocycles. The number of aromatic nitrogens is 1. The Kier molecular flexibility index (Phi) is 6.41. The molecular formula is C22H26FN3O. The predicted octanol–water partition coefficient (Wildman–Crippen LogP) is 4.51. The van der Waals surface area contributed by atoms with Crippen LogP contribution >= 0.6 is 0 Å². The highest BCUT2D eigenvalue weighted by Crippen LogP contribution is 2.28. The van der Waals surface area contributed by atoms with E-state index in [-0.39, 0.29) is 6.61 Å². The summed E-state index contributed by atoms with van der Waals surface area (Å²) in [4.78, 5) is 7.17. The predicted molar refractivity (Wildman–Crippen MR) is 103 cm³/mol. The van der Waals surface area contributed by atoms with Crippen LogP contribution in [0.5, 0.6) is 5.88 Å². The van der Waals surface area contributed by atoms with Crippen molar-refractivity contribution in [2.45, 2.75) is 39.2 Å². The van der Waals surface area contributed by atoms with Crippen LogP contribution in [0, 0.1) is 23.1 Å². The van der Waals surface area contributed by atoms with E-state index < -0.39 is 5.82 Å². The van der Waals surface area contributed by atoms with Gasteiger partial charge in [-0.05, 0) is 50.0 Å². The molecule has 0 bridgehead atoms. The fourth-order valence-electron chi connectivity index (χ4n) is 3.55. The van der Waals surface area contributed by atoms with Crippen LogP contribution in [0.3, 0.4) is 0 Å². The molecule has 27 heavy (non-hydrogen) atoms. The van der Waals surface area contributed by atoms with Gasteiger partial charge < -0.3 is 9.64 Å². The monoisotopic (exact) mass is 367 g/mol. The average Bonchev–Trinajstić information content (AvgIpc) is 2.67. The van der Waals surface area contributed by atoms with Crippen molar-refractivity contribution in [2.24, 2.45) is 5.92 Å². The zero-order valence-electron chi connectivity index (χ0n) is 16.0. The van der Waals surface area contributed by atoms with Gasteiger partial charge in [-0.15, -0.1) is 0 Å². The lowest BCUT2D eigenvalue weighted by molar-refractivity contribution is 0.190. The Balaban J connectivity index is 1.59. The van der Waals surface area contributed by atoms with E-state index in [9.17, 15) is 4.39 Å². The Labute approximate surface area is 160 Å². The SMILES string of the molecule is CC(C)CN1CCC(c2cccc(OCc3ccc(C#N)cc3F)n2)CC1. The zero-order valence-corrected chi connectivity index (χ0v) is 16.0. The summed E-state index contributed by atoms with van der Waals surface area (Å²) in [6.45, 7) is 7.97. The molecule has 2 heterocycles. The Morgan fingerprint density at radius 2 is 2.04 bits per heavy atom. The van der Waals surface area contributed by atoms with Crippen LogP contribution in [0.1, 0.15) is 49.4 Å². The van der Waals surface area contributed by atoms with Crippen molar-refractivity contribution >= 4 is 0 Å². The van der Waals surface area contributed by atoms with Gasteiger partial charge in [-0.3, -0.25) is 0 Å². The van der Waals surface area contributed by atoms with Gasteiger partial charge in [0, 0.05) is 29.8 Å². The molecule has 2 aromatic rings. The van der Waals surface area contributed by atoms with E-state index in [1.165, 1.54) is 6.07 Å². The summed E-state index contributed by atoms with van der Waals surface area (Å²) in [7, 11) is 0. The second kappa shape index (κ2) is 8.96. The summed E-state index contributed by atoms with van der Waals surface area (Å²) in [5.74, 6) is 1.23. The van der Waals surface area contributed by atoms with E-state index in [0.717, 1.165) is 38.2 Å². The minimum absolute atomic E-state index is 0.0980. The van der Waals surface area contributed by atoms with E-state index >= 15 is 0 Å². The van der Waals surface area contributed by atoms with Gasteiger partial charge in [-0.1, -0.05) is 26.0 Å². The van der Waals surface area contributed by atoms with Crippen LogP contribution in [-0.4, -0.2) is 29.5 Å². The third-order valence-corrected chi connectivity index (χ3v) is 4.93. The molecular weight excluding hydrogens is 341 g/mol. The van der Waals surface area contributed by atoms with Gasteiger partial charge in [0.2, 0.25) is 5.88 Å². The van der Waals surface area contributed by atoms with Crippen LogP contribution in [0.15, 0.2) is 36.4 Å². The zero-order chi connectivity index (χ0) is 19.2. The molecule has 0 unspecified atom stereocenters. The van der Waals surface area contributed by atoms with E-state index in [2.05, 4.69) is 29.8 Å². The maximum Gasteiger partial charge on any atom is 0.213 e. The summed E-state index contributed by atoms with van der Waals surface area (Å²) in [6, 6.07) is 12.1. The van der Waals surface area contributed by atoms with Crippen molar-refractivity contribution in [1.29, 1.82) is 5.26 Å². The number of halogens is 1. The summed E-state index contributed by atoms with van der Waals surface area (Å²) >= 11 is 0. The fourth-order valence-corrected chi connectivity index (χ4v) is 3.55. The molecule has 0 atom stereocenters. The molecule has 1 aliphatic rings. The largest absolute Gasteiger partial charge is 0.473 e. The Morgan fingerprint density at radius 1 is 1.26 bits per heavy atom. The van der Waals surface area contributed by atoms with Gasteiger partial charge in [0.05, 0.1) is 11.6 Å². The third kappa shape index (κ3) is 5.27. The van der Waals surface area contributed by atoms with Crippen LogP contribution in [-0.2, 0) is 6.61 Å². The number of hydrogen-bond acceptors (Lipinski definition) is 4. The lowest BCUT2D eigenvalue weighted by Gasteiger charge is -2.32. The highest BCUT2D eigenvalue weighted by atomic mass is 19.1. The quantitative estimate of drug-likeness (QED) is 0.754. The topological polar surface area (TPSA) is 49.1 Å². The molecule has 0 N–H and O–H groups in total. The molecule has 1 aromatic carbocycles. The third-order valence-electron chi connectivity index (χ3n) is 4.93. The molecule has 5 heteroatoms. The number of piperidine rings is 1. The van der Waals surface area contributed by atoms with Crippen LogP contribution in [0.2, 0.25) is 0 Å². The lowest BCUT2D eigenvalue weighted by Crippen LogP contribution is -2.35. The molecule has 0 saturated carbocycles. The van der Waals surface area contributed by atoms with Crippen molar-refractivity contribution in [3.63, 3.8) is 0 Å². The van der Waals surface area contributed by atoms with Gasteiger partial charge in [-0.2, -0.15) is 5.26 Å². The van der Waals surface area contributed by atoms with Crippen molar-refractivity contribution < 1.29 is 9.13 Å². The number of pyridine rings is 1. The number of benzene rings is 1. The number of nitriles is 1. The smallest absolute Gasteiger partial charge is 0.213 e. The minimum Gasteiger partial charge on any atom is -0.473 e. The summed E-state index contributed by atoms with van der Waals surface area (Å²) in [5, 5.41) is 8.81. The maximum absolute atomic E-state index is 14.0. The molecule has 1 aromatic heterocycles. The lowest BCUT2D eigenvalue weighted by atomic mass is 9.92. The standard InChI is InChI=1S/C22H26FN3O/c1-16(2)14-26-10-8-18(9-11-26)21-4-3-5-22(25-21)27-15-19-7-6-17(13-24)12-20(19)23/h3-7,12,16,18H,8-11,14-15H2,1-2H3. The van der Waals surface area contributed by atoms with Crippen molar-refractivity contribution in [1.82, 2.24) is 9.88 Å². The Bertz CT molecular complexity index is 807. The molecule has 0 aliphatic carbocycles. The van der Waals surface area contributed by atoms with E-state index in [1.807, 2.05) is 12.1 Å². The van der Waals surface area contributed by atoms with Crippen LogP contribution in [0.25, 0.3) is 0 Å².